The number of hydrogen-bond donors (Lipinski definition) is 2. The molecule has 4 aromatic rings. The van der Waals surface area contributed by atoms with Crippen LogP contribution >= 0.6 is 35.2 Å². The Balaban J connectivity index is 1.33. The van der Waals surface area contributed by atoms with Crippen LogP contribution in [-0.4, -0.2) is 22.6 Å². The number of carbonyl (C=O) groups excluding carboxylic acids is 1. The number of ether oxygens (including phenoxy) is 1. The highest BCUT2D eigenvalue weighted by molar-refractivity contribution is 7.80. The first-order valence-corrected chi connectivity index (χ1v) is 11.0. The van der Waals surface area contributed by atoms with E-state index in [1.54, 1.807) is 35.6 Å². The number of thiazole rings is 1. The molecule has 1 amide bonds. The number of nitrogens with one attached hydrogen (secondary N) is 2. The second kappa shape index (κ2) is 9.43. The van der Waals surface area contributed by atoms with Gasteiger partial charge in [-0.15, -0.1) is 11.3 Å². The molecule has 156 valence electrons. The van der Waals surface area contributed by atoms with Crippen LogP contribution in [0.15, 0.2) is 66.7 Å². The number of benzene rings is 3. The number of hydrogen-bond acceptors (Lipinski definition) is 5. The molecule has 8 heteroatoms. The fourth-order valence-corrected chi connectivity index (χ4v) is 4.37. The minimum atomic E-state index is -0.376. The van der Waals surface area contributed by atoms with Crippen molar-refractivity contribution in [1.29, 1.82) is 0 Å². The van der Waals surface area contributed by atoms with Gasteiger partial charge in [0.05, 0.1) is 15.2 Å². The van der Waals surface area contributed by atoms with Crippen LogP contribution in [0.4, 0.5) is 5.69 Å². The van der Waals surface area contributed by atoms with Crippen molar-refractivity contribution in [3.63, 3.8) is 0 Å². The molecule has 4 rings (SSSR count). The Kier molecular flexibility index (Phi) is 6.46. The molecule has 0 unspecified atom stereocenters. The zero-order chi connectivity index (χ0) is 21.8. The van der Waals surface area contributed by atoms with Gasteiger partial charge in [-0.05, 0) is 73.2 Å². The molecule has 1 heterocycles. The maximum Gasteiger partial charge on any atom is 0.264 e. The lowest BCUT2D eigenvalue weighted by molar-refractivity contribution is -0.121. The molecule has 0 atom stereocenters. The summed E-state index contributed by atoms with van der Waals surface area (Å²) in [6, 6.07) is 20.9. The average Bonchev–Trinajstić information content (AvgIpc) is 3.17. The van der Waals surface area contributed by atoms with Gasteiger partial charge in [0, 0.05) is 11.3 Å². The molecule has 2 N–H and O–H groups in total. The van der Waals surface area contributed by atoms with E-state index in [0.717, 1.165) is 21.8 Å². The maximum absolute atomic E-state index is 12.1. The van der Waals surface area contributed by atoms with Crippen LogP contribution in [0.3, 0.4) is 0 Å². The molecule has 5 nitrogen and oxygen atoms in total. The summed E-state index contributed by atoms with van der Waals surface area (Å²) < 4.78 is 6.58. The summed E-state index contributed by atoms with van der Waals surface area (Å²) in [5.41, 5.74) is 4.00. The second-order valence-electron chi connectivity index (χ2n) is 6.79. The monoisotopic (exact) mass is 467 g/mol. The van der Waals surface area contributed by atoms with Gasteiger partial charge in [0.15, 0.2) is 11.7 Å². The smallest absolute Gasteiger partial charge is 0.264 e. The third-order valence-corrected chi connectivity index (χ3v) is 5.97. The van der Waals surface area contributed by atoms with Gasteiger partial charge in [-0.25, -0.2) is 4.98 Å². The van der Waals surface area contributed by atoms with Gasteiger partial charge >= 0.3 is 0 Å². The lowest BCUT2D eigenvalue weighted by Crippen LogP contribution is -2.37. The minimum absolute atomic E-state index is 0.191. The van der Waals surface area contributed by atoms with Crippen LogP contribution in [0.25, 0.3) is 20.8 Å². The predicted molar refractivity (Wildman–Crippen MR) is 131 cm³/mol. The highest BCUT2D eigenvalue weighted by Gasteiger charge is 2.09. The van der Waals surface area contributed by atoms with Crippen molar-refractivity contribution in [3.8, 4) is 16.3 Å². The minimum Gasteiger partial charge on any atom is -0.482 e. The Morgan fingerprint density at radius 3 is 2.68 bits per heavy atom. The summed E-state index contributed by atoms with van der Waals surface area (Å²) in [4.78, 5) is 16.8. The lowest BCUT2D eigenvalue weighted by atomic mass is 10.2. The first-order valence-electron chi connectivity index (χ1n) is 9.44. The quantitative estimate of drug-likeness (QED) is 0.362. The van der Waals surface area contributed by atoms with Gasteiger partial charge in [-0.2, -0.15) is 0 Å². The van der Waals surface area contributed by atoms with Gasteiger partial charge in [0.2, 0.25) is 0 Å². The maximum atomic E-state index is 12.1. The number of fused-ring (bicyclic) bond motifs is 1. The number of para-hydroxylation sites is 1. The number of thiocarbonyl (C=S) groups is 1. The number of nitrogens with zero attached hydrogens (tertiary/aromatic N) is 1. The van der Waals surface area contributed by atoms with Crippen LogP contribution in [-0.2, 0) is 4.79 Å². The summed E-state index contributed by atoms with van der Waals surface area (Å²) in [7, 11) is 0. The molecule has 0 aliphatic rings. The highest BCUT2D eigenvalue weighted by Crippen LogP contribution is 2.31. The fourth-order valence-electron chi connectivity index (χ4n) is 2.88. The van der Waals surface area contributed by atoms with E-state index >= 15 is 0 Å². The number of rotatable bonds is 5. The first-order chi connectivity index (χ1) is 15.0. The van der Waals surface area contributed by atoms with Crippen molar-refractivity contribution >= 4 is 62.1 Å². The molecule has 0 bridgehead atoms. The summed E-state index contributed by atoms with van der Waals surface area (Å²) in [5.74, 6) is 0.0672. The Morgan fingerprint density at radius 2 is 1.90 bits per heavy atom. The van der Waals surface area contributed by atoms with Crippen molar-refractivity contribution in [2.75, 3.05) is 11.9 Å². The Labute approximate surface area is 194 Å². The van der Waals surface area contributed by atoms with E-state index in [2.05, 4.69) is 29.7 Å². The zero-order valence-corrected chi connectivity index (χ0v) is 18.9. The molecule has 0 aliphatic carbocycles. The summed E-state index contributed by atoms with van der Waals surface area (Å²) in [6.07, 6.45) is 0. The zero-order valence-electron chi connectivity index (χ0n) is 16.5. The molecular formula is C23H18ClN3O2S2. The number of anilines is 1. The standard InChI is InChI=1S/C23H18ClN3O2S2/c1-14-6-11-18-20(12-14)31-22(26-18)15-7-9-16(10-8-15)25-23(30)27-21(28)13-29-19-5-3-2-4-17(19)24/h2-12H,13H2,1H3,(H2,25,27,28,30). The third-order valence-electron chi connectivity index (χ3n) is 4.38. The number of amides is 1. The van der Waals surface area contributed by atoms with E-state index in [1.165, 1.54) is 10.3 Å². The van der Waals surface area contributed by atoms with Crippen LogP contribution in [0.5, 0.6) is 5.75 Å². The van der Waals surface area contributed by atoms with E-state index in [1.807, 2.05) is 30.3 Å². The predicted octanol–water partition coefficient (Wildman–Crippen LogP) is 5.82. The number of aryl methyl sites for hydroxylation is 1. The Bertz CT molecular complexity index is 1260. The van der Waals surface area contributed by atoms with Gasteiger partial charge in [0.25, 0.3) is 5.91 Å². The van der Waals surface area contributed by atoms with E-state index < -0.39 is 0 Å². The molecule has 0 spiro atoms. The van der Waals surface area contributed by atoms with Crippen LogP contribution in [0, 0.1) is 6.92 Å². The molecule has 0 saturated heterocycles. The molecule has 3 aromatic carbocycles. The number of carbonyl (C=O) groups is 1. The van der Waals surface area contributed by atoms with E-state index in [9.17, 15) is 4.79 Å². The molecule has 1 aromatic heterocycles. The summed E-state index contributed by atoms with van der Waals surface area (Å²) in [5, 5.41) is 7.18. The highest BCUT2D eigenvalue weighted by atomic mass is 35.5. The van der Waals surface area contributed by atoms with Crippen molar-refractivity contribution in [2.45, 2.75) is 6.92 Å². The van der Waals surface area contributed by atoms with Crippen molar-refractivity contribution in [2.24, 2.45) is 0 Å². The van der Waals surface area contributed by atoms with Crippen LogP contribution in [0.1, 0.15) is 5.56 Å². The molecule has 0 fully saturated rings. The molecule has 0 saturated carbocycles. The third kappa shape index (κ3) is 5.38. The number of halogens is 1. The molecule has 0 radical (unpaired) electrons. The average molecular weight is 468 g/mol. The molecular weight excluding hydrogens is 450 g/mol. The van der Waals surface area contributed by atoms with Crippen molar-refractivity contribution in [1.82, 2.24) is 10.3 Å². The van der Waals surface area contributed by atoms with Crippen molar-refractivity contribution in [3.05, 3.63) is 77.3 Å². The molecule has 31 heavy (non-hydrogen) atoms. The number of aromatic nitrogens is 1. The van der Waals surface area contributed by atoms with Gasteiger partial charge in [0.1, 0.15) is 10.8 Å². The van der Waals surface area contributed by atoms with Gasteiger partial charge in [-0.1, -0.05) is 29.8 Å². The van der Waals surface area contributed by atoms with Gasteiger partial charge in [-0.3, -0.25) is 10.1 Å². The van der Waals surface area contributed by atoms with Crippen LogP contribution < -0.4 is 15.4 Å². The summed E-state index contributed by atoms with van der Waals surface area (Å²) >= 11 is 12.9. The molecule has 0 aliphatic heterocycles. The van der Waals surface area contributed by atoms with Crippen LogP contribution in [0.2, 0.25) is 5.02 Å². The normalized spacial score (nSPS) is 10.6. The van der Waals surface area contributed by atoms with E-state index in [4.69, 9.17) is 33.5 Å². The van der Waals surface area contributed by atoms with E-state index in [-0.39, 0.29) is 17.6 Å². The Morgan fingerprint density at radius 1 is 1.13 bits per heavy atom. The largest absolute Gasteiger partial charge is 0.482 e. The Hall–Kier alpha value is -3.00. The lowest BCUT2D eigenvalue weighted by Gasteiger charge is -2.11. The van der Waals surface area contributed by atoms with E-state index in [0.29, 0.717) is 10.8 Å². The van der Waals surface area contributed by atoms with Crippen molar-refractivity contribution < 1.29 is 9.53 Å². The fraction of sp³-hybridized carbons (Fsp3) is 0.0870. The SMILES string of the molecule is Cc1ccc2nc(-c3ccc(NC(=S)NC(=O)COc4ccccc4Cl)cc3)sc2c1. The first kappa shape index (κ1) is 21.2. The second-order valence-corrected chi connectivity index (χ2v) is 8.64. The topological polar surface area (TPSA) is 63.2 Å². The van der Waals surface area contributed by atoms with Gasteiger partial charge < -0.3 is 10.1 Å². The summed E-state index contributed by atoms with van der Waals surface area (Å²) in [6.45, 7) is 1.88.